The molecule has 0 heterocycles. The van der Waals surface area contributed by atoms with Crippen molar-refractivity contribution in [3.8, 4) is 0 Å². The number of carbonyl (C=O) groups is 2. The predicted octanol–water partition coefficient (Wildman–Crippen LogP) is 4.32. The summed E-state index contributed by atoms with van der Waals surface area (Å²) in [7, 11) is 0. The Kier molecular flexibility index (Phi) is 8.07. The second-order valence-corrected chi connectivity index (χ2v) is 7.68. The van der Waals surface area contributed by atoms with Gasteiger partial charge in [-0.15, -0.1) is 0 Å². The second kappa shape index (κ2) is 10.0. The van der Waals surface area contributed by atoms with E-state index in [1.54, 1.807) is 0 Å². The van der Waals surface area contributed by atoms with Crippen molar-refractivity contribution in [1.29, 1.82) is 0 Å². The number of hydrogen-bond acceptors (Lipinski definition) is 3. The monoisotopic (exact) mass is 337 g/mol. The normalized spacial score (nSPS) is 25.2. The molecular formula is C20H35NO3. The third kappa shape index (κ3) is 5.78. The minimum absolute atomic E-state index is 0.184. The second-order valence-electron chi connectivity index (χ2n) is 7.68. The maximum Gasteiger partial charge on any atom is 0.307 e. The molecule has 24 heavy (non-hydrogen) atoms. The maximum atomic E-state index is 13.0. The summed E-state index contributed by atoms with van der Waals surface area (Å²) < 4.78 is 5.06. The molecule has 1 amide bonds. The first kappa shape index (κ1) is 19.3. The highest BCUT2D eigenvalue weighted by Gasteiger charge is 2.31. The molecule has 2 fully saturated rings. The van der Waals surface area contributed by atoms with Crippen LogP contribution >= 0.6 is 0 Å². The molecule has 2 aliphatic rings. The van der Waals surface area contributed by atoms with Gasteiger partial charge in [0, 0.05) is 19.0 Å². The van der Waals surface area contributed by atoms with E-state index in [4.69, 9.17) is 4.74 Å². The Morgan fingerprint density at radius 2 is 1.67 bits per heavy atom. The zero-order chi connectivity index (χ0) is 17.4. The van der Waals surface area contributed by atoms with Crippen LogP contribution in [-0.4, -0.2) is 36.0 Å². The first-order chi connectivity index (χ1) is 11.6. The summed E-state index contributed by atoms with van der Waals surface area (Å²) in [5.74, 6) is 1.17. The van der Waals surface area contributed by atoms with E-state index in [1.807, 2.05) is 11.8 Å². The van der Waals surface area contributed by atoms with Crippen LogP contribution in [0.1, 0.15) is 84.5 Å². The number of nitrogens with zero attached hydrogens (tertiary/aromatic N) is 1. The van der Waals surface area contributed by atoms with Crippen molar-refractivity contribution in [3.63, 3.8) is 0 Å². The van der Waals surface area contributed by atoms with E-state index in [-0.39, 0.29) is 11.9 Å². The highest BCUT2D eigenvalue weighted by molar-refractivity contribution is 5.78. The highest BCUT2D eigenvalue weighted by atomic mass is 16.5. The molecule has 0 aromatic heterocycles. The van der Waals surface area contributed by atoms with Crippen LogP contribution in [0.4, 0.5) is 0 Å². The van der Waals surface area contributed by atoms with Gasteiger partial charge in [0.1, 0.15) is 0 Å². The van der Waals surface area contributed by atoms with Gasteiger partial charge in [-0.25, -0.2) is 0 Å². The largest absolute Gasteiger partial charge is 0.466 e. The fraction of sp³-hybridized carbons (Fsp3) is 0.900. The lowest BCUT2D eigenvalue weighted by Gasteiger charge is -2.39. The van der Waals surface area contributed by atoms with Gasteiger partial charge in [0.05, 0.1) is 13.0 Å². The van der Waals surface area contributed by atoms with Crippen LogP contribution < -0.4 is 0 Å². The lowest BCUT2D eigenvalue weighted by molar-refractivity contribution is -0.145. The van der Waals surface area contributed by atoms with Gasteiger partial charge in [-0.2, -0.15) is 0 Å². The molecule has 0 spiro atoms. The molecule has 0 N–H and O–H groups in total. The summed E-state index contributed by atoms with van der Waals surface area (Å²) in [6, 6.07) is 0.310. The molecule has 2 rings (SSSR count). The molecule has 0 radical (unpaired) electrons. The van der Waals surface area contributed by atoms with E-state index in [1.165, 1.54) is 51.4 Å². The van der Waals surface area contributed by atoms with Crippen LogP contribution in [0.25, 0.3) is 0 Å². The van der Waals surface area contributed by atoms with E-state index in [0.29, 0.717) is 43.9 Å². The van der Waals surface area contributed by atoms with Gasteiger partial charge in [0.2, 0.25) is 5.91 Å². The van der Waals surface area contributed by atoms with Gasteiger partial charge in [-0.1, -0.05) is 39.0 Å². The Morgan fingerprint density at radius 3 is 2.33 bits per heavy atom. The van der Waals surface area contributed by atoms with Crippen molar-refractivity contribution in [2.24, 2.45) is 11.8 Å². The minimum Gasteiger partial charge on any atom is -0.466 e. The molecule has 2 unspecified atom stereocenters. The van der Waals surface area contributed by atoms with Gasteiger partial charge < -0.3 is 9.64 Å². The maximum absolute atomic E-state index is 13.0. The summed E-state index contributed by atoms with van der Waals surface area (Å²) in [5.41, 5.74) is 0. The predicted molar refractivity (Wildman–Crippen MR) is 95.6 cm³/mol. The molecule has 2 aliphatic carbocycles. The average Bonchev–Trinajstić information content (AvgIpc) is 2.58. The third-order valence-corrected chi connectivity index (χ3v) is 5.84. The van der Waals surface area contributed by atoms with Gasteiger partial charge in [0.15, 0.2) is 0 Å². The molecule has 2 atom stereocenters. The van der Waals surface area contributed by atoms with E-state index in [2.05, 4.69) is 6.92 Å². The fourth-order valence-corrected chi connectivity index (χ4v) is 4.44. The summed E-state index contributed by atoms with van der Waals surface area (Å²) in [6.07, 6.45) is 12.0. The molecule has 0 bridgehead atoms. The zero-order valence-corrected chi connectivity index (χ0v) is 15.6. The summed E-state index contributed by atoms with van der Waals surface area (Å²) in [6.45, 7) is 5.02. The lowest BCUT2D eigenvalue weighted by atomic mass is 9.83. The summed E-state index contributed by atoms with van der Waals surface area (Å²) in [5, 5.41) is 0. The minimum atomic E-state index is -0.184. The van der Waals surface area contributed by atoms with Gasteiger partial charge >= 0.3 is 5.97 Å². The fourth-order valence-electron chi connectivity index (χ4n) is 4.44. The van der Waals surface area contributed by atoms with Crippen LogP contribution in [0, 0.1) is 11.8 Å². The Bertz CT molecular complexity index is 404. The quantitative estimate of drug-likeness (QED) is 0.650. The van der Waals surface area contributed by atoms with Gasteiger partial charge in [-0.3, -0.25) is 9.59 Å². The van der Waals surface area contributed by atoms with Crippen LogP contribution in [0.2, 0.25) is 0 Å². The summed E-state index contributed by atoms with van der Waals surface area (Å²) in [4.78, 5) is 26.8. The molecule has 0 aliphatic heterocycles. The van der Waals surface area contributed by atoms with Crippen molar-refractivity contribution >= 4 is 11.9 Å². The van der Waals surface area contributed by atoms with Gasteiger partial charge in [-0.05, 0) is 44.4 Å². The standard InChI is InChI=1S/C20H35NO3/c1-3-24-20(23)13-14-21(18-12-8-7-9-16(18)2)19(22)15-17-10-5-4-6-11-17/h16-18H,3-15H2,1-2H3. The Labute approximate surface area is 147 Å². The topological polar surface area (TPSA) is 46.6 Å². The molecule has 2 saturated carbocycles. The smallest absolute Gasteiger partial charge is 0.307 e. The first-order valence-corrected chi connectivity index (χ1v) is 10.1. The Balaban J connectivity index is 1.97. The summed E-state index contributed by atoms with van der Waals surface area (Å²) >= 11 is 0. The molecular weight excluding hydrogens is 302 g/mol. The van der Waals surface area contributed by atoms with E-state index >= 15 is 0 Å². The first-order valence-electron chi connectivity index (χ1n) is 10.1. The van der Waals surface area contributed by atoms with Crippen molar-refractivity contribution in [1.82, 2.24) is 4.90 Å². The molecule has 0 aromatic carbocycles. The number of carbonyl (C=O) groups excluding carboxylic acids is 2. The van der Waals surface area contributed by atoms with Crippen molar-refractivity contribution < 1.29 is 14.3 Å². The van der Waals surface area contributed by atoms with E-state index < -0.39 is 0 Å². The number of ether oxygens (including phenoxy) is 1. The Morgan fingerprint density at radius 1 is 1.00 bits per heavy atom. The van der Waals surface area contributed by atoms with Crippen molar-refractivity contribution in [3.05, 3.63) is 0 Å². The average molecular weight is 338 g/mol. The van der Waals surface area contributed by atoms with Crippen LogP contribution in [-0.2, 0) is 14.3 Å². The molecule has 0 saturated heterocycles. The van der Waals surface area contributed by atoms with Gasteiger partial charge in [0.25, 0.3) is 0 Å². The van der Waals surface area contributed by atoms with Crippen LogP contribution in [0.15, 0.2) is 0 Å². The molecule has 4 nitrogen and oxygen atoms in total. The number of amides is 1. The van der Waals surface area contributed by atoms with E-state index in [0.717, 1.165) is 6.42 Å². The van der Waals surface area contributed by atoms with Crippen LogP contribution in [0.3, 0.4) is 0 Å². The van der Waals surface area contributed by atoms with Crippen molar-refractivity contribution in [2.45, 2.75) is 90.5 Å². The Hall–Kier alpha value is -1.06. The lowest BCUT2D eigenvalue weighted by Crippen LogP contribution is -2.46. The third-order valence-electron chi connectivity index (χ3n) is 5.84. The zero-order valence-electron chi connectivity index (χ0n) is 15.6. The molecule has 4 heteroatoms. The number of esters is 1. The number of hydrogen-bond donors (Lipinski definition) is 0. The van der Waals surface area contributed by atoms with Crippen LogP contribution in [0.5, 0.6) is 0 Å². The molecule has 0 aromatic rings. The number of rotatable bonds is 7. The highest BCUT2D eigenvalue weighted by Crippen LogP contribution is 2.31. The van der Waals surface area contributed by atoms with Crippen molar-refractivity contribution in [2.75, 3.05) is 13.2 Å². The SMILES string of the molecule is CCOC(=O)CCN(C(=O)CC1CCCCC1)C1CCCCC1C. The van der Waals surface area contributed by atoms with E-state index in [9.17, 15) is 9.59 Å². The molecule has 138 valence electrons.